The van der Waals surface area contributed by atoms with Crippen LogP contribution in [0.4, 0.5) is 0 Å². The molecule has 0 aromatic carbocycles. The van der Waals surface area contributed by atoms with Crippen LogP contribution in [0, 0.1) is 11.8 Å². The lowest BCUT2D eigenvalue weighted by Gasteiger charge is -1.88. The second kappa shape index (κ2) is 4.15. The van der Waals surface area contributed by atoms with Crippen molar-refractivity contribution in [2.24, 2.45) is 5.73 Å². The quantitative estimate of drug-likeness (QED) is 0.666. The predicted molar refractivity (Wildman–Crippen MR) is 51.4 cm³/mol. The fourth-order valence-electron chi connectivity index (χ4n) is 0.682. The van der Waals surface area contributed by atoms with Gasteiger partial charge in [-0.2, -0.15) is 0 Å². The molecule has 1 atom stereocenters. The van der Waals surface area contributed by atoms with Crippen molar-refractivity contribution in [3.8, 4) is 16.9 Å². The minimum absolute atomic E-state index is 0.0712. The maximum absolute atomic E-state index is 5.48. The number of hydrogen-bond acceptors (Lipinski definition) is 3. The maximum Gasteiger partial charge on any atom is 0.174 e. The second-order valence-electron chi connectivity index (χ2n) is 2.38. The van der Waals surface area contributed by atoms with Gasteiger partial charge in [-0.3, -0.25) is 0 Å². The van der Waals surface area contributed by atoms with Crippen LogP contribution < -0.4 is 10.5 Å². The third-order valence-corrected chi connectivity index (χ3v) is 2.17. The summed E-state index contributed by atoms with van der Waals surface area (Å²) in [5, 5.41) is 0.879. The Bertz CT molecular complexity index is 306. The predicted octanol–water partition coefficient (Wildman–Crippen LogP) is 1.46. The van der Waals surface area contributed by atoms with Crippen molar-refractivity contribution < 1.29 is 4.74 Å². The van der Waals surface area contributed by atoms with Crippen LogP contribution in [0.25, 0.3) is 0 Å². The van der Waals surface area contributed by atoms with Gasteiger partial charge in [-0.1, -0.05) is 23.2 Å². The molecule has 3 heteroatoms. The average Bonchev–Trinajstić information content (AvgIpc) is 2.48. The van der Waals surface area contributed by atoms with Crippen molar-refractivity contribution in [3.63, 3.8) is 0 Å². The number of rotatable bonds is 1. The van der Waals surface area contributed by atoms with Crippen LogP contribution in [0.2, 0.25) is 0 Å². The Kier molecular flexibility index (Phi) is 3.15. The zero-order valence-corrected chi connectivity index (χ0v) is 7.94. The van der Waals surface area contributed by atoms with Crippen LogP contribution >= 0.6 is 11.3 Å². The number of methoxy groups -OCH3 is 1. The van der Waals surface area contributed by atoms with Crippen molar-refractivity contribution in [2.45, 2.75) is 13.0 Å². The molecule has 0 saturated heterocycles. The minimum atomic E-state index is -0.0712. The maximum atomic E-state index is 5.48. The van der Waals surface area contributed by atoms with Crippen LogP contribution in [0.3, 0.4) is 0 Å². The summed E-state index contributed by atoms with van der Waals surface area (Å²) in [6.07, 6.45) is 0. The van der Waals surface area contributed by atoms with E-state index in [1.807, 2.05) is 19.1 Å². The van der Waals surface area contributed by atoms with Gasteiger partial charge in [0.2, 0.25) is 0 Å². The third-order valence-electron chi connectivity index (χ3n) is 1.21. The van der Waals surface area contributed by atoms with Crippen LogP contribution in [0.5, 0.6) is 5.06 Å². The molecule has 2 nitrogen and oxygen atoms in total. The van der Waals surface area contributed by atoms with Gasteiger partial charge in [0.05, 0.1) is 18.0 Å². The Balaban J connectivity index is 2.72. The highest BCUT2D eigenvalue weighted by molar-refractivity contribution is 7.14. The molecule has 0 amide bonds. The van der Waals surface area contributed by atoms with E-state index in [9.17, 15) is 0 Å². The third kappa shape index (κ3) is 2.57. The summed E-state index contributed by atoms with van der Waals surface area (Å²) < 4.78 is 5.02. The lowest BCUT2D eigenvalue weighted by atomic mass is 10.3. The largest absolute Gasteiger partial charge is 0.487 e. The molecule has 0 saturated carbocycles. The summed E-state index contributed by atoms with van der Waals surface area (Å²) in [6, 6.07) is 3.76. The first-order chi connectivity index (χ1) is 5.72. The Morgan fingerprint density at radius 1 is 1.58 bits per heavy atom. The number of nitrogens with two attached hydrogens (primary N) is 1. The summed E-state index contributed by atoms with van der Waals surface area (Å²) in [4.78, 5) is 0.990. The van der Waals surface area contributed by atoms with Crippen molar-refractivity contribution >= 4 is 11.3 Å². The molecule has 64 valence electrons. The monoisotopic (exact) mass is 181 g/mol. The normalized spacial score (nSPS) is 11.6. The van der Waals surface area contributed by atoms with Crippen molar-refractivity contribution in [3.05, 3.63) is 17.0 Å². The van der Waals surface area contributed by atoms with Crippen molar-refractivity contribution in [2.75, 3.05) is 7.11 Å². The molecular formula is C9H11NOS. The zero-order chi connectivity index (χ0) is 8.97. The minimum Gasteiger partial charge on any atom is -0.487 e. The van der Waals surface area contributed by atoms with Crippen LogP contribution in [-0.4, -0.2) is 13.2 Å². The molecule has 1 unspecified atom stereocenters. The fraction of sp³-hybridized carbons (Fsp3) is 0.333. The molecular weight excluding hydrogens is 170 g/mol. The van der Waals surface area contributed by atoms with Gasteiger partial charge < -0.3 is 10.5 Å². The Morgan fingerprint density at radius 2 is 2.33 bits per heavy atom. The molecule has 1 aromatic heterocycles. The molecule has 0 radical (unpaired) electrons. The Hall–Kier alpha value is -0.980. The van der Waals surface area contributed by atoms with Gasteiger partial charge in [0, 0.05) is 0 Å². The van der Waals surface area contributed by atoms with E-state index in [1.54, 1.807) is 7.11 Å². The molecule has 0 spiro atoms. The van der Waals surface area contributed by atoms with E-state index in [2.05, 4.69) is 11.8 Å². The van der Waals surface area contributed by atoms with Crippen molar-refractivity contribution in [1.29, 1.82) is 0 Å². The van der Waals surface area contributed by atoms with Gasteiger partial charge in [-0.25, -0.2) is 0 Å². The van der Waals surface area contributed by atoms with Crippen LogP contribution in [0.15, 0.2) is 12.1 Å². The molecule has 1 aromatic rings. The molecule has 0 aliphatic heterocycles. The van der Waals surface area contributed by atoms with Crippen LogP contribution in [-0.2, 0) is 0 Å². The molecule has 2 N–H and O–H groups in total. The van der Waals surface area contributed by atoms with Crippen LogP contribution in [0.1, 0.15) is 11.8 Å². The highest BCUT2D eigenvalue weighted by Gasteiger charge is 1.95. The molecule has 0 aliphatic carbocycles. The number of thiophene rings is 1. The van der Waals surface area contributed by atoms with Gasteiger partial charge in [0.15, 0.2) is 5.06 Å². The molecule has 0 fully saturated rings. The SMILES string of the molecule is COc1ccc(C#CC(C)N)s1. The summed E-state index contributed by atoms with van der Waals surface area (Å²) in [5.74, 6) is 5.84. The molecule has 1 heterocycles. The smallest absolute Gasteiger partial charge is 0.174 e. The van der Waals surface area contributed by atoms with E-state index in [-0.39, 0.29) is 6.04 Å². The first-order valence-electron chi connectivity index (χ1n) is 3.63. The Labute approximate surface area is 76.3 Å². The zero-order valence-electron chi connectivity index (χ0n) is 7.13. The van der Waals surface area contributed by atoms with E-state index < -0.39 is 0 Å². The van der Waals surface area contributed by atoms with Gasteiger partial charge in [-0.15, -0.1) is 0 Å². The lowest BCUT2D eigenvalue weighted by Crippen LogP contribution is -2.10. The second-order valence-corrected chi connectivity index (χ2v) is 3.43. The van der Waals surface area contributed by atoms with Crippen molar-refractivity contribution in [1.82, 2.24) is 0 Å². The van der Waals surface area contributed by atoms with E-state index in [4.69, 9.17) is 10.5 Å². The summed E-state index contributed by atoms with van der Waals surface area (Å²) >= 11 is 1.52. The average molecular weight is 181 g/mol. The molecule has 1 rings (SSSR count). The fourth-order valence-corrected chi connectivity index (χ4v) is 1.36. The van der Waals surface area contributed by atoms with Gasteiger partial charge in [-0.05, 0) is 19.1 Å². The Morgan fingerprint density at radius 3 is 2.83 bits per heavy atom. The number of hydrogen-bond donors (Lipinski definition) is 1. The van der Waals surface area contributed by atoms with E-state index >= 15 is 0 Å². The molecule has 0 aliphatic rings. The van der Waals surface area contributed by atoms with Gasteiger partial charge in [0.25, 0.3) is 0 Å². The first kappa shape index (κ1) is 9.11. The highest BCUT2D eigenvalue weighted by atomic mass is 32.1. The first-order valence-corrected chi connectivity index (χ1v) is 4.45. The standard InChI is InChI=1S/C9H11NOS/c1-7(10)3-4-8-5-6-9(11-2)12-8/h5-7H,10H2,1-2H3. The summed E-state index contributed by atoms with van der Waals surface area (Å²) in [5.41, 5.74) is 5.48. The van der Waals surface area contributed by atoms with Gasteiger partial charge in [0.1, 0.15) is 0 Å². The highest BCUT2D eigenvalue weighted by Crippen LogP contribution is 2.22. The van der Waals surface area contributed by atoms with E-state index in [0.717, 1.165) is 9.94 Å². The molecule has 0 bridgehead atoms. The lowest BCUT2D eigenvalue weighted by molar-refractivity contribution is 0.427. The number of ether oxygens (including phenoxy) is 1. The topological polar surface area (TPSA) is 35.2 Å². The van der Waals surface area contributed by atoms with E-state index in [0.29, 0.717) is 0 Å². The summed E-state index contributed by atoms with van der Waals surface area (Å²) in [6.45, 7) is 1.86. The summed E-state index contributed by atoms with van der Waals surface area (Å²) in [7, 11) is 1.65. The molecule has 12 heavy (non-hydrogen) atoms. The van der Waals surface area contributed by atoms with Gasteiger partial charge >= 0.3 is 0 Å². The van der Waals surface area contributed by atoms with E-state index in [1.165, 1.54) is 11.3 Å².